The highest BCUT2D eigenvalue weighted by Gasteiger charge is 2.48. The summed E-state index contributed by atoms with van der Waals surface area (Å²) >= 11 is 0. The van der Waals surface area contributed by atoms with Gasteiger partial charge < -0.3 is 4.74 Å². The first-order chi connectivity index (χ1) is 5.75. The smallest absolute Gasteiger partial charge is 0.129 e. The molecule has 1 aliphatic carbocycles. The summed E-state index contributed by atoms with van der Waals surface area (Å²) in [7, 11) is 0. The van der Waals surface area contributed by atoms with Gasteiger partial charge in [0.15, 0.2) is 0 Å². The fourth-order valence-corrected chi connectivity index (χ4v) is 1.87. The van der Waals surface area contributed by atoms with Crippen molar-refractivity contribution in [3.05, 3.63) is 34.9 Å². The van der Waals surface area contributed by atoms with Crippen LogP contribution >= 0.6 is 0 Å². The third-order valence-corrected chi connectivity index (χ3v) is 2.49. The summed E-state index contributed by atoms with van der Waals surface area (Å²) in [5.74, 6) is -0.941. The molecule has 0 amide bonds. The summed E-state index contributed by atoms with van der Waals surface area (Å²) in [4.78, 5) is 0. The quantitative estimate of drug-likeness (QED) is 0.539. The topological polar surface area (TPSA) is 12.5 Å². The van der Waals surface area contributed by atoms with Crippen molar-refractivity contribution in [2.24, 2.45) is 0 Å². The van der Waals surface area contributed by atoms with Crippen molar-refractivity contribution in [2.75, 3.05) is 0 Å². The maximum Gasteiger partial charge on any atom is 0.129 e. The molecule has 0 N–H and O–H groups in total. The average Bonchev–Trinajstić information content (AvgIpc) is 2.68. The Bertz CT molecular complexity index is 362. The third kappa shape index (κ3) is 0.693. The molecule has 1 nitrogen and oxygen atoms in total. The molecule has 1 aliphatic heterocycles. The van der Waals surface area contributed by atoms with Gasteiger partial charge in [-0.3, -0.25) is 0 Å². The van der Waals surface area contributed by atoms with E-state index in [2.05, 4.69) is 0 Å². The van der Waals surface area contributed by atoms with Gasteiger partial charge in [-0.25, -0.2) is 8.78 Å². The number of hydrogen-bond donors (Lipinski definition) is 0. The minimum Gasteiger partial charge on any atom is -0.364 e. The predicted molar refractivity (Wildman–Crippen MR) is 37.7 cm³/mol. The first kappa shape index (κ1) is 6.54. The maximum absolute atomic E-state index is 13.0. The minimum absolute atomic E-state index is 0.0230. The second kappa shape index (κ2) is 1.85. The van der Waals surface area contributed by atoms with E-state index in [0.29, 0.717) is 17.5 Å². The Morgan fingerprint density at radius 1 is 1.33 bits per heavy atom. The lowest BCUT2D eigenvalue weighted by molar-refractivity contribution is 0.356. The zero-order valence-corrected chi connectivity index (χ0v) is 6.18. The summed E-state index contributed by atoms with van der Waals surface area (Å²) in [6.45, 7) is 0. The Hall–Kier alpha value is -0.960. The normalized spacial score (nSPS) is 29.8. The van der Waals surface area contributed by atoms with Crippen LogP contribution in [0.2, 0.25) is 0 Å². The molecule has 2 atom stereocenters. The predicted octanol–water partition coefficient (Wildman–Crippen LogP) is 1.96. The highest BCUT2D eigenvalue weighted by molar-refractivity contribution is 5.40. The minimum atomic E-state index is -0.512. The maximum atomic E-state index is 13.0. The van der Waals surface area contributed by atoms with Crippen LogP contribution in [0.3, 0.4) is 0 Å². The molecule has 2 unspecified atom stereocenters. The molecule has 2 aliphatic rings. The van der Waals surface area contributed by atoms with Crippen molar-refractivity contribution in [1.82, 2.24) is 0 Å². The summed E-state index contributed by atoms with van der Waals surface area (Å²) < 4.78 is 30.9. The van der Waals surface area contributed by atoms with E-state index in [1.54, 1.807) is 0 Å². The van der Waals surface area contributed by atoms with Crippen LogP contribution in [0.15, 0.2) is 12.1 Å². The fraction of sp³-hybridized carbons (Fsp3) is 0.333. The van der Waals surface area contributed by atoms with Crippen molar-refractivity contribution in [1.29, 1.82) is 0 Å². The van der Waals surface area contributed by atoms with Gasteiger partial charge in [-0.1, -0.05) is 0 Å². The molecule has 1 aromatic carbocycles. The summed E-state index contributed by atoms with van der Waals surface area (Å²) in [5.41, 5.74) is 1.34. The molecule has 0 bridgehead atoms. The molecular weight excluding hydrogens is 162 g/mol. The van der Waals surface area contributed by atoms with Gasteiger partial charge in [0, 0.05) is 12.5 Å². The second-order valence-corrected chi connectivity index (χ2v) is 3.25. The Labute approximate surface area is 68.0 Å². The number of fused-ring (bicyclic) bond motifs is 3. The Balaban J connectivity index is 2.24. The van der Waals surface area contributed by atoms with Crippen LogP contribution < -0.4 is 0 Å². The number of ether oxygens (including phenoxy) is 1. The highest BCUT2D eigenvalue weighted by Crippen LogP contribution is 2.49. The van der Waals surface area contributed by atoms with Crippen LogP contribution in [-0.4, -0.2) is 6.10 Å². The third-order valence-electron chi connectivity index (χ3n) is 2.49. The number of epoxide rings is 1. The first-order valence-electron chi connectivity index (χ1n) is 3.89. The summed E-state index contributed by atoms with van der Waals surface area (Å²) in [5, 5.41) is 0. The van der Waals surface area contributed by atoms with Gasteiger partial charge in [0.25, 0.3) is 0 Å². The molecule has 12 heavy (non-hydrogen) atoms. The molecule has 0 saturated carbocycles. The van der Waals surface area contributed by atoms with E-state index in [9.17, 15) is 8.78 Å². The molecule has 3 rings (SSSR count). The van der Waals surface area contributed by atoms with Crippen molar-refractivity contribution in [3.8, 4) is 0 Å². The van der Waals surface area contributed by atoms with Gasteiger partial charge in [-0.05, 0) is 17.2 Å². The molecule has 0 spiro atoms. The van der Waals surface area contributed by atoms with Gasteiger partial charge >= 0.3 is 0 Å². The van der Waals surface area contributed by atoms with Crippen molar-refractivity contribution >= 4 is 0 Å². The van der Waals surface area contributed by atoms with Gasteiger partial charge in [0.1, 0.15) is 17.7 Å². The summed E-state index contributed by atoms with van der Waals surface area (Å²) in [6.07, 6.45) is 0.702. The van der Waals surface area contributed by atoms with Crippen molar-refractivity contribution in [2.45, 2.75) is 18.6 Å². The standard InChI is InChI=1S/C9H6F2O/c10-4-1-6-5(7(11)2-4)3-8-9(6)12-8/h1-2,8-9H,3H2. The lowest BCUT2D eigenvalue weighted by Crippen LogP contribution is -1.95. The Kier molecular flexibility index (Phi) is 1.01. The van der Waals surface area contributed by atoms with Gasteiger partial charge in [0.05, 0.1) is 6.10 Å². The molecular formula is C9H6F2O. The molecule has 1 heterocycles. The lowest BCUT2D eigenvalue weighted by atomic mass is 10.1. The summed E-state index contributed by atoms with van der Waals surface area (Å²) in [6, 6.07) is 2.31. The largest absolute Gasteiger partial charge is 0.364 e. The fourth-order valence-electron chi connectivity index (χ4n) is 1.87. The average molecular weight is 168 g/mol. The van der Waals surface area contributed by atoms with Gasteiger partial charge in [-0.2, -0.15) is 0 Å². The SMILES string of the molecule is Fc1cc(F)c2c(c1)C1OC1C2. The van der Waals surface area contributed by atoms with Crippen LogP contribution in [0.25, 0.3) is 0 Å². The molecule has 62 valence electrons. The molecule has 0 aromatic heterocycles. The van der Waals surface area contributed by atoms with E-state index in [1.807, 2.05) is 0 Å². The zero-order chi connectivity index (χ0) is 8.29. The monoisotopic (exact) mass is 168 g/mol. The number of halogens is 2. The van der Waals surface area contributed by atoms with Gasteiger partial charge in [-0.15, -0.1) is 0 Å². The lowest BCUT2D eigenvalue weighted by Gasteiger charge is -2.02. The van der Waals surface area contributed by atoms with Crippen LogP contribution in [0, 0.1) is 11.6 Å². The molecule has 1 saturated heterocycles. The van der Waals surface area contributed by atoms with E-state index in [4.69, 9.17) is 4.74 Å². The van der Waals surface area contributed by atoms with Crippen LogP contribution in [0.4, 0.5) is 8.78 Å². The van der Waals surface area contributed by atoms with E-state index in [1.165, 1.54) is 6.07 Å². The van der Waals surface area contributed by atoms with Crippen LogP contribution in [-0.2, 0) is 11.2 Å². The molecule has 1 fully saturated rings. The second-order valence-electron chi connectivity index (χ2n) is 3.25. The van der Waals surface area contributed by atoms with Crippen molar-refractivity contribution < 1.29 is 13.5 Å². The van der Waals surface area contributed by atoms with Crippen molar-refractivity contribution in [3.63, 3.8) is 0 Å². The van der Waals surface area contributed by atoms with Crippen LogP contribution in [0.1, 0.15) is 17.2 Å². The molecule has 3 heteroatoms. The van der Waals surface area contributed by atoms with Gasteiger partial charge in [0.2, 0.25) is 0 Å². The van der Waals surface area contributed by atoms with Crippen LogP contribution in [0.5, 0.6) is 0 Å². The Morgan fingerprint density at radius 2 is 2.17 bits per heavy atom. The number of benzene rings is 1. The number of rotatable bonds is 0. The first-order valence-corrected chi connectivity index (χ1v) is 3.89. The van der Waals surface area contributed by atoms with E-state index >= 15 is 0 Å². The Morgan fingerprint density at radius 3 is 3.00 bits per heavy atom. The highest BCUT2D eigenvalue weighted by atomic mass is 19.1. The molecule has 1 aromatic rings. The molecule has 0 radical (unpaired) electrons. The van der Waals surface area contributed by atoms with E-state index in [0.717, 1.165) is 6.07 Å². The van der Waals surface area contributed by atoms with E-state index < -0.39 is 11.6 Å². The van der Waals surface area contributed by atoms with E-state index in [-0.39, 0.29) is 12.2 Å². The zero-order valence-electron chi connectivity index (χ0n) is 6.18. The number of hydrogen-bond acceptors (Lipinski definition) is 1.